The summed E-state index contributed by atoms with van der Waals surface area (Å²) in [6.45, 7) is 6.08. The first-order valence-corrected chi connectivity index (χ1v) is 6.70. The maximum Gasteiger partial charge on any atom is 0.184 e. The molecule has 3 rings (SSSR count). The van der Waals surface area contributed by atoms with E-state index < -0.39 is 0 Å². The van der Waals surface area contributed by atoms with Gasteiger partial charge < -0.3 is 18.9 Å². The van der Waals surface area contributed by atoms with Crippen LogP contribution in [0.2, 0.25) is 0 Å². The molecular weight excluding hydrogens is 256 g/mol. The minimum Gasteiger partial charge on any atom is -0.493 e. The predicted octanol–water partition coefficient (Wildman–Crippen LogP) is 2.93. The third kappa shape index (κ3) is 2.71. The van der Waals surface area contributed by atoms with Crippen molar-refractivity contribution in [2.45, 2.75) is 31.5 Å². The fourth-order valence-corrected chi connectivity index (χ4v) is 2.41. The molecule has 0 N–H and O–H groups in total. The predicted molar refractivity (Wildman–Crippen MR) is 73.7 cm³/mol. The third-order valence-corrected chi connectivity index (χ3v) is 3.31. The zero-order valence-electron chi connectivity index (χ0n) is 11.4. The Kier molecular flexibility index (Phi) is 3.76. The van der Waals surface area contributed by atoms with E-state index >= 15 is 0 Å². The first-order valence-electron chi connectivity index (χ1n) is 6.70. The van der Waals surface area contributed by atoms with Crippen LogP contribution in [0, 0.1) is 0 Å². The summed E-state index contributed by atoms with van der Waals surface area (Å²) in [7, 11) is 0. The Labute approximate surface area is 118 Å². The van der Waals surface area contributed by atoms with E-state index in [9.17, 15) is 0 Å². The van der Waals surface area contributed by atoms with E-state index in [0.717, 1.165) is 5.56 Å². The smallest absolute Gasteiger partial charge is 0.184 e. The second-order valence-electron chi connectivity index (χ2n) is 4.96. The molecule has 0 amide bonds. The fraction of sp³-hybridized carbons (Fsp3) is 0.375. The maximum absolute atomic E-state index is 6.03. The van der Waals surface area contributed by atoms with Crippen LogP contribution in [0.1, 0.15) is 18.8 Å². The molecule has 0 spiro atoms. The molecule has 0 saturated carbocycles. The number of fused-ring (bicyclic) bond motifs is 1. The first kappa shape index (κ1) is 13.2. The van der Waals surface area contributed by atoms with Crippen LogP contribution in [0.15, 0.2) is 55.0 Å². The van der Waals surface area contributed by atoms with Crippen LogP contribution in [-0.4, -0.2) is 24.9 Å². The van der Waals surface area contributed by atoms with Gasteiger partial charge in [0.15, 0.2) is 12.4 Å². The van der Waals surface area contributed by atoms with Gasteiger partial charge in [0.05, 0.1) is 18.6 Å². The summed E-state index contributed by atoms with van der Waals surface area (Å²) >= 11 is 0. The fourth-order valence-electron chi connectivity index (χ4n) is 2.41. The topological polar surface area (TPSA) is 36.9 Å². The van der Waals surface area contributed by atoms with Gasteiger partial charge in [0.1, 0.15) is 12.2 Å². The lowest BCUT2D eigenvalue weighted by molar-refractivity contribution is -0.277. The second-order valence-corrected chi connectivity index (χ2v) is 4.96. The van der Waals surface area contributed by atoms with E-state index in [1.807, 2.05) is 43.3 Å². The Morgan fingerprint density at radius 1 is 1.30 bits per heavy atom. The van der Waals surface area contributed by atoms with Gasteiger partial charge in [0, 0.05) is 5.56 Å². The summed E-state index contributed by atoms with van der Waals surface area (Å²) in [5, 5.41) is 0. The van der Waals surface area contributed by atoms with Gasteiger partial charge in [-0.2, -0.15) is 0 Å². The number of allylic oxidation sites excluding steroid dienone is 1. The van der Waals surface area contributed by atoms with Crippen LogP contribution < -0.4 is 0 Å². The Hall–Kier alpha value is -1.78. The van der Waals surface area contributed by atoms with Crippen LogP contribution in [0.25, 0.3) is 0 Å². The summed E-state index contributed by atoms with van der Waals surface area (Å²) in [6, 6.07) is 9.87. The zero-order valence-corrected chi connectivity index (χ0v) is 11.4. The highest BCUT2D eigenvalue weighted by Gasteiger charge is 2.41. The van der Waals surface area contributed by atoms with Crippen LogP contribution in [-0.2, 0) is 18.9 Å². The lowest BCUT2D eigenvalue weighted by atomic mass is 10.0. The van der Waals surface area contributed by atoms with Gasteiger partial charge in [-0.1, -0.05) is 36.9 Å². The number of hydrogen-bond donors (Lipinski definition) is 0. The van der Waals surface area contributed by atoms with Gasteiger partial charge in [-0.15, -0.1) is 0 Å². The number of hydrogen-bond acceptors (Lipinski definition) is 4. The molecule has 1 saturated heterocycles. The monoisotopic (exact) mass is 274 g/mol. The summed E-state index contributed by atoms with van der Waals surface area (Å²) < 4.78 is 23.0. The molecule has 2 aliphatic heterocycles. The van der Waals surface area contributed by atoms with E-state index in [-0.39, 0.29) is 24.6 Å². The minimum absolute atomic E-state index is 0.149. The van der Waals surface area contributed by atoms with Crippen molar-refractivity contribution in [3.8, 4) is 0 Å². The average Bonchev–Trinajstić information content (AvgIpc) is 2.47. The first-order chi connectivity index (χ1) is 9.74. The molecule has 1 aromatic rings. The molecule has 4 nitrogen and oxygen atoms in total. The molecule has 1 aromatic carbocycles. The third-order valence-electron chi connectivity index (χ3n) is 3.31. The lowest BCUT2D eigenvalue weighted by Crippen LogP contribution is -2.50. The van der Waals surface area contributed by atoms with Crippen molar-refractivity contribution in [2.24, 2.45) is 0 Å². The Morgan fingerprint density at radius 2 is 2.10 bits per heavy atom. The zero-order chi connectivity index (χ0) is 13.9. The van der Waals surface area contributed by atoms with Gasteiger partial charge in [-0.25, -0.2) is 0 Å². The van der Waals surface area contributed by atoms with Crippen LogP contribution in [0.4, 0.5) is 0 Å². The number of rotatable bonds is 3. The highest BCUT2D eigenvalue weighted by molar-refractivity contribution is 5.17. The molecule has 1 fully saturated rings. The van der Waals surface area contributed by atoms with Crippen molar-refractivity contribution in [3.05, 3.63) is 60.6 Å². The SMILES string of the molecule is C=C(C)O[C@H]1C=CO[C@@H]2COC(c3ccccc3)O[C@@H]12. The summed E-state index contributed by atoms with van der Waals surface area (Å²) in [5.41, 5.74) is 0.995. The molecule has 2 heterocycles. The highest BCUT2D eigenvalue weighted by Crippen LogP contribution is 2.32. The molecule has 0 aromatic heterocycles. The minimum atomic E-state index is -0.385. The lowest BCUT2D eigenvalue weighted by Gasteiger charge is -2.40. The van der Waals surface area contributed by atoms with Crippen molar-refractivity contribution in [1.29, 1.82) is 0 Å². The van der Waals surface area contributed by atoms with Crippen LogP contribution >= 0.6 is 0 Å². The van der Waals surface area contributed by atoms with E-state index in [2.05, 4.69) is 6.58 Å². The summed E-state index contributed by atoms with van der Waals surface area (Å²) in [4.78, 5) is 0. The molecule has 20 heavy (non-hydrogen) atoms. The van der Waals surface area contributed by atoms with E-state index in [4.69, 9.17) is 18.9 Å². The molecule has 0 aliphatic carbocycles. The van der Waals surface area contributed by atoms with E-state index in [0.29, 0.717) is 12.4 Å². The van der Waals surface area contributed by atoms with E-state index in [1.165, 1.54) is 0 Å². The van der Waals surface area contributed by atoms with Gasteiger partial charge in [-0.05, 0) is 13.0 Å². The molecule has 106 valence electrons. The van der Waals surface area contributed by atoms with E-state index in [1.54, 1.807) is 6.26 Å². The summed E-state index contributed by atoms with van der Waals surface area (Å²) in [5.74, 6) is 0.659. The van der Waals surface area contributed by atoms with Crippen LogP contribution in [0.3, 0.4) is 0 Å². The van der Waals surface area contributed by atoms with Crippen molar-refractivity contribution < 1.29 is 18.9 Å². The second kappa shape index (κ2) is 5.69. The Balaban J connectivity index is 1.76. The number of benzene rings is 1. The molecule has 4 heteroatoms. The van der Waals surface area contributed by atoms with Crippen molar-refractivity contribution in [3.63, 3.8) is 0 Å². The normalized spacial score (nSPS) is 32.0. The van der Waals surface area contributed by atoms with Gasteiger partial charge in [0.2, 0.25) is 0 Å². The molecule has 2 aliphatic rings. The highest BCUT2D eigenvalue weighted by atomic mass is 16.7. The molecule has 0 bridgehead atoms. The standard InChI is InChI=1S/C16H18O4/c1-11(2)19-13-8-9-17-14-10-18-16(20-15(13)14)12-6-4-3-5-7-12/h3-9,13-16H,1,10H2,2H3/t13-,14+,15-,16?/m0/s1. The molecular formula is C16H18O4. The molecule has 4 atom stereocenters. The van der Waals surface area contributed by atoms with Gasteiger partial charge >= 0.3 is 0 Å². The molecule has 0 radical (unpaired) electrons. The maximum atomic E-state index is 6.03. The van der Waals surface area contributed by atoms with Crippen LogP contribution in [0.5, 0.6) is 0 Å². The van der Waals surface area contributed by atoms with Crippen molar-refractivity contribution in [1.82, 2.24) is 0 Å². The quantitative estimate of drug-likeness (QED) is 0.794. The largest absolute Gasteiger partial charge is 0.493 e. The number of ether oxygens (including phenoxy) is 4. The average molecular weight is 274 g/mol. The Morgan fingerprint density at radius 3 is 2.85 bits per heavy atom. The summed E-state index contributed by atoms with van der Waals surface area (Å²) in [6.07, 6.45) is 2.57. The van der Waals surface area contributed by atoms with Crippen molar-refractivity contribution >= 4 is 0 Å². The Bertz CT molecular complexity index is 496. The molecule has 1 unspecified atom stereocenters. The van der Waals surface area contributed by atoms with Gasteiger partial charge in [-0.3, -0.25) is 0 Å². The van der Waals surface area contributed by atoms with Gasteiger partial charge in [0.25, 0.3) is 0 Å². The van der Waals surface area contributed by atoms with Crippen molar-refractivity contribution in [2.75, 3.05) is 6.61 Å².